The monoisotopic (exact) mass is 457 g/mol. The Morgan fingerprint density at radius 2 is 1.61 bits per heavy atom. The number of hydrogen-bond donors (Lipinski definition) is 3. The number of carbonyl (C=O) groups is 2. The maximum absolute atomic E-state index is 14.1. The lowest BCUT2D eigenvalue weighted by Crippen LogP contribution is -2.45. The molecule has 9 heteroatoms. The topological polar surface area (TPSA) is 97.9 Å². The van der Waals surface area contributed by atoms with Crippen molar-refractivity contribution in [3.63, 3.8) is 0 Å². The van der Waals surface area contributed by atoms with Gasteiger partial charge in [-0.2, -0.15) is 0 Å². The van der Waals surface area contributed by atoms with Crippen LogP contribution in [-0.2, 0) is 23.8 Å². The van der Waals surface area contributed by atoms with Gasteiger partial charge in [-0.25, -0.2) is 4.39 Å². The van der Waals surface area contributed by atoms with Crippen LogP contribution < -0.4 is 16.0 Å². The summed E-state index contributed by atoms with van der Waals surface area (Å²) >= 11 is 0. The maximum Gasteiger partial charge on any atom is 0.246 e. The van der Waals surface area contributed by atoms with Crippen molar-refractivity contribution in [1.82, 2.24) is 16.0 Å². The van der Waals surface area contributed by atoms with E-state index in [2.05, 4.69) is 29.8 Å². The molecule has 0 saturated heterocycles. The van der Waals surface area contributed by atoms with Crippen LogP contribution >= 0.6 is 0 Å². The van der Waals surface area contributed by atoms with Crippen LogP contribution in [-0.4, -0.2) is 82.3 Å². The molecule has 0 spiro atoms. The molecule has 192 valence electrons. The smallest absolute Gasteiger partial charge is 0.246 e. The predicted octanol–water partition coefficient (Wildman–Crippen LogP) is 2.95. The van der Waals surface area contributed by atoms with Crippen LogP contribution in [0.2, 0.25) is 0 Å². The fourth-order valence-electron chi connectivity index (χ4n) is 2.37. The third-order valence-electron chi connectivity index (χ3n) is 4.26. The molecule has 0 aliphatic rings. The number of nitrogens with one attached hydrogen (secondary N) is 3. The van der Waals surface area contributed by atoms with E-state index < -0.39 is 11.8 Å². The summed E-state index contributed by atoms with van der Waals surface area (Å²) in [6.45, 7) is 15.4. The van der Waals surface area contributed by atoms with Gasteiger partial charge in [0.2, 0.25) is 11.8 Å². The SMILES string of the molecule is CC.CCCC(C)NCCOCCOCCNC(=O)COC(C)(C)C(F)CNC(C)=O.[HH].[HH].[HH]. The summed E-state index contributed by atoms with van der Waals surface area (Å²) in [5.74, 6) is -0.665. The van der Waals surface area contributed by atoms with Gasteiger partial charge in [-0.05, 0) is 27.2 Å². The van der Waals surface area contributed by atoms with E-state index in [-0.39, 0.29) is 29.2 Å². The van der Waals surface area contributed by atoms with Crippen LogP contribution in [0.4, 0.5) is 4.39 Å². The molecule has 0 aliphatic heterocycles. The first-order chi connectivity index (χ1) is 14.7. The summed E-state index contributed by atoms with van der Waals surface area (Å²) in [4.78, 5) is 22.6. The standard InChI is InChI=1S/C20H40FN3O5.C2H6.3H2/c1-6-7-16(2)22-8-10-27-12-13-28-11-9-23-19(26)15-29-20(4,5)18(21)14-24-17(3)25;1-2;;;/h16,18,22H,6-15H2,1-5H3,(H,23,26)(H,24,25);1-2H3;3*1H. The highest BCUT2D eigenvalue weighted by molar-refractivity contribution is 5.77. The average Bonchev–Trinajstić information content (AvgIpc) is 2.73. The van der Waals surface area contributed by atoms with Crippen molar-refractivity contribution in [3.8, 4) is 0 Å². The molecule has 0 aromatic rings. The van der Waals surface area contributed by atoms with Crippen molar-refractivity contribution in [2.45, 2.75) is 79.1 Å². The first-order valence-electron chi connectivity index (χ1n) is 11.4. The van der Waals surface area contributed by atoms with Crippen molar-refractivity contribution in [1.29, 1.82) is 0 Å². The molecule has 0 fully saturated rings. The van der Waals surface area contributed by atoms with Gasteiger partial charge < -0.3 is 30.2 Å². The van der Waals surface area contributed by atoms with Crippen LogP contribution in [0, 0.1) is 0 Å². The van der Waals surface area contributed by atoms with Gasteiger partial charge >= 0.3 is 0 Å². The highest BCUT2D eigenvalue weighted by Crippen LogP contribution is 2.17. The number of ether oxygens (including phenoxy) is 3. The number of rotatable bonds is 18. The van der Waals surface area contributed by atoms with Crippen LogP contribution in [0.5, 0.6) is 0 Å². The van der Waals surface area contributed by atoms with Crippen LogP contribution in [0.25, 0.3) is 0 Å². The van der Waals surface area contributed by atoms with Crippen molar-refractivity contribution in [3.05, 3.63) is 0 Å². The zero-order chi connectivity index (χ0) is 24.1. The van der Waals surface area contributed by atoms with Crippen molar-refractivity contribution >= 4 is 11.8 Å². The lowest BCUT2D eigenvalue weighted by atomic mass is 10.0. The van der Waals surface area contributed by atoms with Gasteiger partial charge in [0.25, 0.3) is 0 Å². The van der Waals surface area contributed by atoms with E-state index in [1.165, 1.54) is 20.8 Å². The Kier molecular flexibility index (Phi) is 21.2. The van der Waals surface area contributed by atoms with E-state index in [1.54, 1.807) is 0 Å². The molecular formula is C22H52FN3O5. The average molecular weight is 458 g/mol. The van der Waals surface area contributed by atoms with Gasteiger partial charge in [-0.1, -0.05) is 27.2 Å². The van der Waals surface area contributed by atoms with Gasteiger partial charge in [0.1, 0.15) is 12.8 Å². The lowest BCUT2D eigenvalue weighted by molar-refractivity contribution is -0.136. The quantitative estimate of drug-likeness (QED) is 0.274. The molecule has 0 radical (unpaired) electrons. The molecule has 2 amide bonds. The van der Waals surface area contributed by atoms with Gasteiger partial charge in [0.15, 0.2) is 0 Å². The van der Waals surface area contributed by atoms with E-state index in [9.17, 15) is 14.0 Å². The fraction of sp³-hybridized carbons (Fsp3) is 0.909. The van der Waals surface area contributed by atoms with E-state index in [1.807, 2.05) is 13.8 Å². The number of halogens is 1. The Bertz CT molecular complexity index is 468. The molecular weight excluding hydrogens is 405 g/mol. The maximum atomic E-state index is 14.1. The summed E-state index contributed by atoms with van der Waals surface area (Å²) < 4.78 is 30.3. The molecule has 0 aromatic carbocycles. The number of alkyl halides is 1. The molecule has 2 unspecified atom stereocenters. The zero-order valence-corrected chi connectivity index (χ0v) is 20.6. The minimum atomic E-state index is -1.42. The lowest BCUT2D eigenvalue weighted by Gasteiger charge is -2.28. The minimum absolute atomic E-state index is 0. The Morgan fingerprint density at radius 3 is 2.16 bits per heavy atom. The highest BCUT2D eigenvalue weighted by atomic mass is 19.1. The number of hydrogen-bond acceptors (Lipinski definition) is 6. The predicted molar refractivity (Wildman–Crippen MR) is 128 cm³/mol. The molecule has 0 heterocycles. The third kappa shape index (κ3) is 20.4. The molecule has 2 atom stereocenters. The Morgan fingerprint density at radius 1 is 1.03 bits per heavy atom. The van der Waals surface area contributed by atoms with Gasteiger partial charge in [0.05, 0.1) is 38.6 Å². The first-order valence-corrected chi connectivity index (χ1v) is 11.4. The minimum Gasteiger partial charge on any atom is -0.378 e. The Hall–Kier alpha value is -1.29. The molecule has 0 saturated carbocycles. The van der Waals surface area contributed by atoms with Gasteiger partial charge in [-0.15, -0.1) is 0 Å². The Balaban J connectivity index is -0.000000544. The van der Waals surface area contributed by atoms with E-state index in [0.29, 0.717) is 39.0 Å². The normalized spacial score (nSPS) is 13.0. The molecule has 0 rings (SSSR count). The van der Waals surface area contributed by atoms with E-state index in [0.717, 1.165) is 19.4 Å². The van der Waals surface area contributed by atoms with Crippen LogP contribution in [0.15, 0.2) is 0 Å². The van der Waals surface area contributed by atoms with Crippen LogP contribution in [0.3, 0.4) is 0 Å². The second-order valence-corrected chi connectivity index (χ2v) is 7.52. The summed E-state index contributed by atoms with van der Waals surface area (Å²) in [5.41, 5.74) is -1.18. The second kappa shape index (κ2) is 20.6. The summed E-state index contributed by atoms with van der Waals surface area (Å²) in [6.07, 6.45) is 0.897. The number of amides is 2. The summed E-state index contributed by atoms with van der Waals surface area (Å²) in [5, 5.41) is 8.42. The molecule has 31 heavy (non-hydrogen) atoms. The highest BCUT2D eigenvalue weighted by Gasteiger charge is 2.31. The summed E-state index contributed by atoms with van der Waals surface area (Å²) in [7, 11) is 0. The van der Waals surface area contributed by atoms with Gasteiger partial charge in [-0.3, -0.25) is 9.59 Å². The largest absolute Gasteiger partial charge is 0.378 e. The van der Waals surface area contributed by atoms with E-state index in [4.69, 9.17) is 14.2 Å². The van der Waals surface area contributed by atoms with Crippen LogP contribution in [0.1, 0.15) is 65.6 Å². The first kappa shape index (κ1) is 31.9. The molecule has 3 N–H and O–H groups in total. The third-order valence-corrected chi connectivity index (χ3v) is 4.26. The summed E-state index contributed by atoms with van der Waals surface area (Å²) in [6, 6.07) is 0.506. The van der Waals surface area contributed by atoms with E-state index >= 15 is 0 Å². The van der Waals surface area contributed by atoms with Crippen molar-refractivity contribution < 1.29 is 32.5 Å². The molecule has 8 nitrogen and oxygen atoms in total. The fourth-order valence-corrected chi connectivity index (χ4v) is 2.37. The van der Waals surface area contributed by atoms with Crippen molar-refractivity contribution in [2.75, 3.05) is 52.7 Å². The zero-order valence-electron chi connectivity index (χ0n) is 20.6. The number of carbonyl (C=O) groups excluding carboxylic acids is 2. The molecule has 0 aliphatic carbocycles. The Labute approximate surface area is 192 Å². The second-order valence-electron chi connectivity index (χ2n) is 7.52. The molecule has 0 aromatic heterocycles. The molecule has 0 bridgehead atoms. The van der Waals surface area contributed by atoms with Gasteiger partial charge in [0, 0.05) is 30.3 Å². The van der Waals surface area contributed by atoms with Crippen molar-refractivity contribution in [2.24, 2.45) is 0 Å².